The number of ether oxygens (including phenoxy) is 1. The molecule has 1 aromatic heterocycles. The summed E-state index contributed by atoms with van der Waals surface area (Å²) in [5.74, 6) is -0.374. The van der Waals surface area contributed by atoms with Gasteiger partial charge in [-0.3, -0.25) is 14.3 Å². The lowest BCUT2D eigenvalue weighted by molar-refractivity contribution is -0.149. The van der Waals surface area contributed by atoms with Crippen LogP contribution in [0.4, 0.5) is 0 Å². The molecule has 7 nitrogen and oxygen atoms in total. The molecule has 0 spiro atoms. The summed E-state index contributed by atoms with van der Waals surface area (Å²) in [6, 6.07) is 0. The summed E-state index contributed by atoms with van der Waals surface area (Å²) < 4.78 is 7.00. The Balaban J connectivity index is 1.63. The number of aliphatic imine (C=N–C) groups is 1. The molecular formula is C18H24N4O3S. The van der Waals surface area contributed by atoms with Gasteiger partial charge in [-0.1, -0.05) is 0 Å². The molecule has 3 rings (SSSR count). The zero-order valence-electron chi connectivity index (χ0n) is 15.4. The molecule has 0 atom stereocenters. The fraction of sp³-hybridized carbons (Fsp3) is 0.556. The van der Waals surface area contributed by atoms with Gasteiger partial charge in [0, 0.05) is 30.9 Å². The summed E-state index contributed by atoms with van der Waals surface area (Å²) in [4.78, 5) is 31.0. The van der Waals surface area contributed by atoms with Gasteiger partial charge in [0.2, 0.25) is 0 Å². The first-order valence-electron chi connectivity index (χ1n) is 9.00. The number of aromatic nitrogens is 2. The Labute approximate surface area is 157 Å². The minimum atomic E-state index is -0.207. The van der Waals surface area contributed by atoms with Crippen molar-refractivity contribution in [2.24, 2.45) is 10.9 Å². The average molecular weight is 376 g/mol. The number of aryl methyl sites for hydroxylation is 1. The molecule has 0 bridgehead atoms. The SMILES string of the molecule is CCOC(=O)C1CCN(C2=NC(=O)C(=Cc3cnn(CC)c3C)S2)CC1. The lowest BCUT2D eigenvalue weighted by Crippen LogP contribution is -2.39. The van der Waals surface area contributed by atoms with E-state index in [0.717, 1.165) is 35.8 Å². The number of esters is 1. The van der Waals surface area contributed by atoms with E-state index < -0.39 is 0 Å². The largest absolute Gasteiger partial charge is 0.466 e. The van der Waals surface area contributed by atoms with Gasteiger partial charge in [0.05, 0.1) is 23.6 Å². The summed E-state index contributed by atoms with van der Waals surface area (Å²) in [7, 11) is 0. The third-order valence-electron chi connectivity index (χ3n) is 4.72. The highest BCUT2D eigenvalue weighted by Crippen LogP contribution is 2.32. The van der Waals surface area contributed by atoms with Crippen molar-refractivity contribution in [2.45, 2.75) is 40.2 Å². The monoisotopic (exact) mass is 376 g/mol. The van der Waals surface area contributed by atoms with Crippen molar-refractivity contribution < 1.29 is 14.3 Å². The molecule has 26 heavy (non-hydrogen) atoms. The normalized spacial score (nSPS) is 20.0. The van der Waals surface area contributed by atoms with Crippen LogP contribution >= 0.6 is 11.8 Å². The van der Waals surface area contributed by atoms with Gasteiger partial charge in [0.25, 0.3) is 5.91 Å². The van der Waals surface area contributed by atoms with E-state index >= 15 is 0 Å². The van der Waals surface area contributed by atoms with Crippen LogP contribution in [0.2, 0.25) is 0 Å². The predicted molar refractivity (Wildman–Crippen MR) is 102 cm³/mol. The van der Waals surface area contributed by atoms with Crippen molar-refractivity contribution in [3.8, 4) is 0 Å². The third-order valence-corrected chi connectivity index (χ3v) is 5.77. The number of nitrogens with zero attached hydrogens (tertiary/aromatic N) is 4. The number of thioether (sulfide) groups is 1. The second-order valence-corrected chi connectivity index (χ2v) is 7.33. The smallest absolute Gasteiger partial charge is 0.309 e. The number of likely N-dealkylation sites (tertiary alicyclic amines) is 1. The molecule has 1 saturated heterocycles. The van der Waals surface area contributed by atoms with Gasteiger partial charge in [-0.25, -0.2) is 0 Å². The summed E-state index contributed by atoms with van der Waals surface area (Å²) >= 11 is 1.40. The van der Waals surface area contributed by atoms with E-state index in [2.05, 4.69) is 15.0 Å². The second-order valence-electron chi connectivity index (χ2n) is 6.32. The molecule has 0 aromatic carbocycles. The highest BCUT2D eigenvalue weighted by Gasteiger charge is 2.31. The van der Waals surface area contributed by atoms with E-state index in [1.165, 1.54) is 11.8 Å². The van der Waals surface area contributed by atoms with Crippen LogP contribution in [0.15, 0.2) is 16.1 Å². The predicted octanol–water partition coefficient (Wildman–Crippen LogP) is 2.46. The standard InChI is InChI=1S/C18H24N4O3S/c1-4-22-12(3)14(11-19-22)10-15-16(23)20-18(26-15)21-8-6-13(7-9-21)17(24)25-5-2/h10-11,13H,4-9H2,1-3H3. The molecule has 1 amide bonds. The second kappa shape index (κ2) is 8.07. The Bertz CT molecular complexity index is 760. The Hall–Kier alpha value is -2.09. The van der Waals surface area contributed by atoms with Gasteiger partial charge in [-0.15, -0.1) is 0 Å². The maximum absolute atomic E-state index is 12.3. The molecular weight excluding hydrogens is 352 g/mol. The first kappa shape index (κ1) is 18.7. The lowest BCUT2D eigenvalue weighted by Gasteiger charge is -2.31. The van der Waals surface area contributed by atoms with Crippen LogP contribution in [-0.2, 0) is 20.9 Å². The van der Waals surface area contributed by atoms with Gasteiger partial charge in [-0.2, -0.15) is 10.1 Å². The van der Waals surface area contributed by atoms with Crippen LogP contribution in [0.1, 0.15) is 37.9 Å². The molecule has 3 heterocycles. The first-order valence-corrected chi connectivity index (χ1v) is 9.81. The maximum atomic E-state index is 12.3. The fourth-order valence-electron chi connectivity index (χ4n) is 3.16. The molecule has 0 unspecified atom stereocenters. The molecule has 2 aliphatic heterocycles. The fourth-order valence-corrected chi connectivity index (χ4v) is 4.12. The van der Waals surface area contributed by atoms with Gasteiger partial charge in [0.1, 0.15) is 0 Å². The zero-order chi connectivity index (χ0) is 18.7. The van der Waals surface area contributed by atoms with Crippen LogP contribution in [0.5, 0.6) is 0 Å². The van der Waals surface area contributed by atoms with Crippen molar-refractivity contribution >= 4 is 34.9 Å². The number of hydrogen-bond donors (Lipinski definition) is 0. The maximum Gasteiger partial charge on any atom is 0.309 e. The van der Waals surface area contributed by atoms with Gasteiger partial charge in [0.15, 0.2) is 5.17 Å². The first-order chi connectivity index (χ1) is 12.5. The van der Waals surface area contributed by atoms with Crippen LogP contribution in [0.3, 0.4) is 0 Å². The van der Waals surface area contributed by atoms with Gasteiger partial charge < -0.3 is 9.64 Å². The average Bonchev–Trinajstić information content (AvgIpc) is 3.19. The van der Waals surface area contributed by atoms with E-state index in [-0.39, 0.29) is 17.8 Å². The molecule has 2 aliphatic rings. The molecule has 0 radical (unpaired) electrons. The summed E-state index contributed by atoms with van der Waals surface area (Å²) in [6.45, 7) is 8.49. The van der Waals surface area contributed by atoms with E-state index in [9.17, 15) is 9.59 Å². The van der Waals surface area contributed by atoms with Crippen LogP contribution in [-0.4, -0.2) is 51.4 Å². The van der Waals surface area contributed by atoms with Crippen molar-refractivity contribution in [1.82, 2.24) is 14.7 Å². The van der Waals surface area contributed by atoms with E-state index in [4.69, 9.17) is 4.74 Å². The Morgan fingerprint density at radius 1 is 1.38 bits per heavy atom. The number of amides is 1. The minimum absolute atomic E-state index is 0.0496. The molecule has 140 valence electrons. The molecule has 8 heteroatoms. The summed E-state index contributed by atoms with van der Waals surface area (Å²) in [5, 5.41) is 5.04. The number of piperidine rings is 1. The van der Waals surface area contributed by atoms with Crippen LogP contribution < -0.4 is 0 Å². The Kier molecular flexibility index (Phi) is 5.80. The zero-order valence-corrected chi connectivity index (χ0v) is 16.2. The van der Waals surface area contributed by atoms with Crippen LogP contribution in [0, 0.1) is 12.8 Å². The topological polar surface area (TPSA) is 76.8 Å². The molecule has 0 saturated carbocycles. The van der Waals surface area contributed by atoms with Gasteiger partial charge >= 0.3 is 5.97 Å². The van der Waals surface area contributed by atoms with E-state index in [1.807, 2.05) is 31.5 Å². The van der Waals surface area contributed by atoms with Crippen molar-refractivity contribution in [3.63, 3.8) is 0 Å². The van der Waals surface area contributed by atoms with Crippen LogP contribution in [0.25, 0.3) is 6.08 Å². The van der Waals surface area contributed by atoms with Crippen molar-refractivity contribution in [3.05, 3.63) is 22.4 Å². The quantitative estimate of drug-likeness (QED) is 0.593. The number of carbonyl (C=O) groups is 2. The van der Waals surface area contributed by atoms with Crippen molar-refractivity contribution in [1.29, 1.82) is 0 Å². The summed E-state index contributed by atoms with van der Waals surface area (Å²) in [5.41, 5.74) is 1.98. The van der Waals surface area contributed by atoms with Gasteiger partial charge in [-0.05, 0) is 51.5 Å². The van der Waals surface area contributed by atoms with E-state index in [0.29, 0.717) is 24.6 Å². The highest BCUT2D eigenvalue weighted by molar-refractivity contribution is 8.18. The Morgan fingerprint density at radius 2 is 2.12 bits per heavy atom. The van der Waals surface area contributed by atoms with Crippen molar-refractivity contribution in [2.75, 3.05) is 19.7 Å². The highest BCUT2D eigenvalue weighted by atomic mass is 32.2. The number of hydrogen-bond acceptors (Lipinski definition) is 6. The minimum Gasteiger partial charge on any atom is -0.466 e. The third kappa shape index (κ3) is 3.85. The van der Waals surface area contributed by atoms with E-state index in [1.54, 1.807) is 6.20 Å². The summed E-state index contributed by atoms with van der Waals surface area (Å²) in [6.07, 6.45) is 5.11. The molecule has 0 aliphatic carbocycles. The molecule has 0 N–H and O–H groups in total. The number of carbonyl (C=O) groups excluding carboxylic acids is 2. The molecule has 1 aromatic rings. The number of amidine groups is 1. The number of rotatable bonds is 4. The Morgan fingerprint density at radius 3 is 2.73 bits per heavy atom. The molecule has 1 fully saturated rings. The lowest BCUT2D eigenvalue weighted by atomic mass is 9.97.